The van der Waals surface area contributed by atoms with E-state index in [2.05, 4.69) is 37.7 Å². The number of likely N-dealkylation sites (tertiary alicyclic amines) is 1. The maximum absolute atomic E-state index is 15.2. The van der Waals surface area contributed by atoms with Crippen molar-refractivity contribution in [3.05, 3.63) is 64.7 Å². The van der Waals surface area contributed by atoms with Gasteiger partial charge >= 0.3 is 12.2 Å². The lowest BCUT2D eigenvalue weighted by Crippen LogP contribution is -2.49. The van der Waals surface area contributed by atoms with Gasteiger partial charge in [-0.05, 0) is 73.7 Å². The molecule has 0 radical (unpaired) electrons. The smallest absolute Gasteiger partial charge is 0.356 e. The number of aromatic nitrogens is 3. The molecular formula is C33H36F4N8O4S2. The number of piperidine rings is 2. The van der Waals surface area contributed by atoms with Crippen molar-refractivity contribution >= 4 is 55.2 Å². The molecule has 3 amide bonds. The number of hydrogen-bond acceptors (Lipinski definition) is 9. The molecule has 0 bridgehead atoms. The van der Waals surface area contributed by atoms with Crippen LogP contribution in [0.3, 0.4) is 0 Å². The molecule has 5 heterocycles. The number of anilines is 2. The van der Waals surface area contributed by atoms with Crippen molar-refractivity contribution in [2.75, 3.05) is 42.9 Å². The van der Waals surface area contributed by atoms with Gasteiger partial charge in [0.2, 0.25) is 15.9 Å². The number of halogens is 4. The van der Waals surface area contributed by atoms with Crippen molar-refractivity contribution in [2.24, 2.45) is 7.05 Å². The van der Waals surface area contributed by atoms with Gasteiger partial charge in [-0.15, -0.1) is 0 Å². The summed E-state index contributed by atoms with van der Waals surface area (Å²) in [5, 5.41) is 10.4. The molecule has 12 nitrogen and oxygen atoms in total. The summed E-state index contributed by atoms with van der Waals surface area (Å²) in [6.07, 6.45) is -3.41. The number of amides is 3. The van der Waals surface area contributed by atoms with Crippen molar-refractivity contribution in [1.29, 1.82) is 0 Å². The number of nitrogens with zero attached hydrogens (tertiary/aromatic N) is 6. The van der Waals surface area contributed by atoms with Crippen LogP contribution in [0, 0.1) is 0 Å². The summed E-state index contributed by atoms with van der Waals surface area (Å²) < 4.78 is 83.9. The molecule has 7 rings (SSSR count). The molecular weight excluding hydrogens is 713 g/mol. The number of sulfonamides is 1. The first-order valence-electron chi connectivity index (χ1n) is 16.6. The van der Waals surface area contributed by atoms with Crippen LogP contribution in [-0.2, 0) is 34.6 Å². The fourth-order valence-corrected chi connectivity index (χ4v) is 9.28. The van der Waals surface area contributed by atoms with Crippen LogP contribution in [0.25, 0.3) is 10.9 Å². The number of carbonyl (C=O) groups excluding carboxylic acids is 2. The average molecular weight is 749 g/mol. The fourth-order valence-electron chi connectivity index (χ4n) is 7.00. The van der Waals surface area contributed by atoms with Gasteiger partial charge in [-0.1, -0.05) is 29.5 Å². The quantitative estimate of drug-likeness (QED) is 0.239. The molecule has 0 saturated carbocycles. The Balaban J connectivity index is 0.949. The molecule has 18 heteroatoms. The van der Waals surface area contributed by atoms with E-state index in [-0.39, 0.29) is 41.9 Å². The zero-order valence-electron chi connectivity index (χ0n) is 27.6. The number of imide groups is 1. The molecule has 4 aromatic rings. The molecule has 272 valence electrons. The van der Waals surface area contributed by atoms with Crippen LogP contribution in [0.15, 0.2) is 53.6 Å². The Labute approximate surface area is 295 Å². The third-order valence-corrected chi connectivity index (χ3v) is 12.6. The number of rotatable bonds is 8. The first-order chi connectivity index (χ1) is 24.3. The van der Waals surface area contributed by atoms with E-state index < -0.39 is 45.9 Å². The molecule has 2 aromatic heterocycles. The predicted molar refractivity (Wildman–Crippen MR) is 183 cm³/mol. The van der Waals surface area contributed by atoms with Gasteiger partial charge in [0, 0.05) is 45.0 Å². The highest BCUT2D eigenvalue weighted by Crippen LogP contribution is 2.37. The summed E-state index contributed by atoms with van der Waals surface area (Å²) in [6.45, 7) is 2.00. The lowest BCUT2D eigenvalue weighted by molar-refractivity contribution is -0.134. The maximum Gasteiger partial charge on any atom is 0.427 e. The van der Waals surface area contributed by atoms with Crippen molar-refractivity contribution < 1.29 is 35.6 Å². The number of aryl methyl sites for hydroxylation is 1. The number of alkyl halides is 4. The average Bonchev–Trinajstić information content (AvgIpc) is 3.70. The SMILES string of the molecule is Cn1nc(N2CCC(=O)NC2=O)c2ccc(C3CCN(Cc4cccc(S(=O)(=O)N5CC[C@@H](Nc6ncc(C(F)(F)F)s6)[C@@H](F)C5)c4)CC3)cc21. The second kappa shape index (κ2) is 13.8. The molecule has 0 unspecified atom stereocenters. The highest BCUT2D eigenvalue weighted by Gasteiger charge is 2.38. The van der Waals surface area contributed by atoms with Crippen LogP contribution in [0.4, 0.5) is 33.3 Å². The molecule has 0 spiro atoms. The van der Waals surface area contributed by atoms with Crippen LogP contribution < -0.4 is 15.5 Å². The van der Waals surface area contributed by atoms with Gasteiger partial charge in [-0.25, -0.2) is 22.6 Å². The predicted octanol–water partition coefficient (Wildman–Crippen LogP) is 5.09. The molecule has 3 saturated heterocycles. The van der Waals surface area contributed by atoms with Crippen molar-refractivity contribution in [3.63, 3.8) is 0 Å². The monoisotopic (exact) mass is 748 g/mol. The lowest BCUT2D eigenvalue weighted by atomic mass is 9.89. The highest BCUT2D eigenvalue weighted by atomic mass is 32.2. The van der Waals surface area contributed by atoms with Crippen molar-refractivity contribution in [1.82, 2.24) is 29.3 Å². The van der Waals surface area contributed by atoms with E-state index in [1.54, 1.807) is 16.8 Å². The summed E-state index contributed by atoms with van der Waals surface area (Å²) in [5.74, 6) is 0.526. The summed E-state index contributed by atoms with van der Waals surface area (Å²) in [4.78, 5) is 30.7. The van der Waals surface area contributed by atoms with Gasteiger partial charge in [0.05, 0.1) is 22.7 Å². The van der Waals surface area contributed by atoms with Crippen LogP contribution in [-0.4, -0.2) is 89.3 Å². The zero-order valence-corrected chi connectivity index (χ0v) is 29.2. The van der Waals surface area contributed by atoms with E-state index >= 15 is 4.39 Å². The summed E-state index contributed by atoms with van der Waals surface area (Å²) in [5.41, 5.74) is 2.89. The van der Waals surface area contributed by atoms with E-state index in [0.29, 0.717) is 35.8 Å². The number of benzene rings is 2. The largest absolute Gasteiger partial charge is 0.427 e. The molecule has 2 N–H and O–H groups in total. The van der Waals surface area contributed by atoms with E-state index in [1.165, 1.54) is 16.5 Å². The number of thiazole rings is 1. The van der Waals surface area contributed by atoms with Gasteiger partial charge in [0.15, 0.2) is 10.9 Å². The van der Waals surface area contributed by atoms with E-state index in [0.717, 1.165) is 46.7 Å². The summed E-state index contributed by atoms with van der Waals surface area (Å²) >= 11 is 0.386. The Hall–Kier alpha value is -4.13. The number of fused-ring (bicyclic) bond motifs is 1. The van der Waals surface area contributed by atoms with Crippen LogP contribution in [0.1, 0.15) is 47.6 Å². The minimum absolute atomic E-state index is 0.0101. The minimum atomic E-state index is -4.54. The fraction of sp³-hybridized carbons (Fsp3) is 0.455. The molecule has 2 atom stereocenters. The maximum atomic E-state index is 15.2. The van der Waals surface area contributed by atoms with Crippen molar-refractivity contribution in [2.45, 2.75) is 61.4 Å². The van der Waals surface area contributed by atoms with Gasteiger partial charge in [0.1, 0.15) is 11.0 Å². The van der Waals surface area contributed by atoms with Crippen molar-refractivity contribution in [3.8, 4) is 0 Å². The second-order valence-electron chi connectivity index (χ2n) is 13.1. The van der Waals surface area contributed by atoms with Gasteiger partial charge in [-0.3, -0.25) is 24.6 Å². The zero-order chi connectivity index (χ0) is 36.1. The molecule has 3 aliphatic heterocycles. The van der Waals surface area contributed by atoms with Gasteiger partial charge < -0.3 is 5.32 Å². The van der Waals surface area contributed by atoms with Crippen LogP contribution >= 0.6 is 11.3 Å². The molecule has 2 aromatic carbocycles. The second-order valence-corrected chi connectivity index (χ2v) is 16.1. The van der Waals surface area contributed by atoms with E-state index in [4.69, 9.17) is 0 Å². The number of nitrogens with one attached hydrogen (secondary N) is 2. The van der Waals surface area contributed by atoms with E-state index in [9.17, 15) is 31.2 Å². The summed E-state index contributed by atoms with van der Waals surface area (Å²) in [6, 6.07) is 11.5. The molecule has 3 fully saturated rings. The van der Waals surface area contributed by atoms with Gasteiger partial charge in [-0.2, -0.15) is 22.6 Å². The Bertz CT molecular complexity index is 2060. The molecule has 51 heavy (non-hydrogen) atoms. The molecule has 3 aliphatic rings. The third kappa shape index (κ3) is 7.31. The third-order valence-electron chi connectivity index (χ3n) is 9.77. The van der Waals surface area contributed by atoms with Crippen LogP contribution in [0.5, 0.6) is 0 Å². The Morgan fingerprint density at radius 2 is 1.82 bits per heavy atom. The van der Waals surface area contributed by atoms with Crippen LogP contribution in [0.2, 0.25) is 0 Å². The Morgan fingerprint density at radius 1 is 1.04 bits per heavy atom. The number of hydrogen-bond donors (Lipinski definition) is 2. The first-order valence-corrected chi connectivity index (χ1v) is 18.8. The van der Waals surface area contributed by atoms with Gasteiger partial charge in [0.25, 0.3) is 0 Å². The summed E-state index contributed by atoms with van der Waals surface area (Å²) in [7, 11) is -2.18. The van der Waals surface area contributed by atoms with E-state index in [1.807, 2.05) is 19.2 Å². The number of carbonyl (C=O) groups is 2. The highest BCUT2D eigenvalue weighted by molar-refractivity contribution is 7.89. The Kier molecular flexibility index (Phi) is 9.53. The molecule has 0 aliphatic carbocycles. The lowest BCUT2D eigenvalue weighted by Gasteiger charge is -2.34. The number of urea groups is 1. The normalized spacial score (nSPS) is 21.7. The first kappa shape index (κ1) is 35.3. The topological polar surface area (TPSA) is 133 Å². The standard InChI is InChI=1S/C33H36F4N8O4S2/c1-42-27-16-22(5-6-24(27)30(41-42)45-14-10-29(46)40-32(45)47)21-7-11-43(12-8-21)18-20-3-2-4-23(15-20)51(48,49)44-13-9-26(25(34)19-44)39-31-38-17-28(50-31)33(35,36)37/h2-6,15-17,21,25-26H,7-14,18-19H2,1H3,(H,38,39)(H,40,46,47)/t25-,26+/m0/s1. The minimum Gasteiger partial charge on any atom is -0.356 e. The Morgan fingerprint density at radius 3 is 2.53 bits per heavy atom.